The van der Waals surface area contributed by atoms with E-state index in [2.05, 4.69) is 6.07 Å². The van der Waals surface area contributed by atoms with E-state index in [-0.39, 0.29) is 16.4 Å². The summed E-state index contributed by atoms with van der Waals surface area (Å²) >= 11 is 0. The zero-order valence-corrected chi connectivity index (χ0v) is 16.2. The lowest BCUT2D eigenvalue weighted by Crippen LogP contribution is -2.28. The van der Waals surface area contributed by atoms with Crippen LogP contribution in [0.4, 0.5) is 0 Å². The third kappa shape index (κ3) is 2.70. The van der Waals surface area contributed by atoms with E-state index in [1.54, 1.807) is 6.92 Å². The number of fused-ring (bicyclic) bond motifs is 6. The molecule has 29 heavy (non-hydrogen) atoms. The average Bonchev–Trinajstić information content (AvgIpc) is 2.66. The van der Waals surface area contributed by atoms with Crippen LogP contribution < -0.4 is 15.8 Å². The molecular formula is C24H17O5. The highest BCUT2D eigenvalue weighted by molar-refractivity contribution is 6.14. The van der Waals surface area contributed by atoms with Gasteiger partial charge in [0.1, 0.15) is 22.5 Å². The van der Waals surface area contributed by atoms with Gasteiger partial charge in [-0.15, -0.1) is 0 Å². The molecular weight excluding hydrogens is 368 g/mol. The van der Waals surface area contributed by atoms with Gasteiger partial charge in [-0.3, -0.25) is 4.79 Å². The number of hydrogen-bond acceptors (Lipinski definition) is 5. The summed E-state index contributed by atoms with van der Waals surface area (Å²) in [5.41, 5.74) is 0.930. The van der Waals surface area contributed by atoms with Gasteiger partial charge >= 0.3 is 5.63 Å². The van der Waals surface area contributed by atoms with Gasteiger partial charge in [0.25, 0.3) is 0 Å². The molecule has 0 spiro atoms. The molecule has 5 nitrogen and oxygen atoms in total. The minimum Gasteiger partial charge on any atom is -0.482 e. The van der Waals surface area contributed by atoms with Crippen LogP contribution in [0, 0.1) is 13.0 Å². The molecule has 0 unspecified atom stereocenters. The van der Waals surface area contributed by atoms with E-state index in [9.17, 15) is 9.59 Å². The molecule has 5 heteroatoms. The number of hydrogen-bond donors (Lipinski definition) is 0. The molecule has 3 heterocycles. The van der Waals surface area contributed by atoms with E-state index in [4.69, 9.17) is 13.6 Å². The monoisotopic (exact) mass is 385 g/mol. The number of ether oxygens (including phenoxy) is 1. The summed E-state index contributed by atoms with van der Waals surface area (Å²) in [7, 11) is 0. The SMILES string of the molecule is Cc1cc(=O)c2c(o1)c1c(c3c(-c4ccccc4)[c]c(=O)oc32)OC(C)(C)C=C1. The van der Waals surface area contributed by atoms with Crippen LogP contribution in [0.15, 0.2) is 60.9 Å². The normalized spacial score (nSPS) is 14.7. The number of benzene rings is 2. The predicted molar refractivity (Wildman–Crippen MR) is 111 cm³/mol. The molecule has 1 aliphatic rings. The van der Waals surface area contributed by atoms with Gasteiger partial charge in [0, 0.05) is 11.6 Å². The van der Waals surface area contributed by atoms with Gasteiger partial charge in [0.15, 0.2) is 16.6 Å². The minimum absolute atomic E-state index is 0.154. The highest BCUT2D eigenvalue weighted by Crippen LogP contribution is 2.45. The largest absolute Gasteiger partial charge is 0.482 e. The molecule has 2 aromatic heterocycles. The second-order valence-electron chi connectivity index (χ2n) is 7.67. The standard InChI is InChI=1S/C24H17O5/c1-13-11-17(25)20-21(27-13)15-9-10-24(2,3)29-22(15)19-16(12-18(26)28-23(19)20)14-7-5-4-6-8-14/h4-11H,1-3H3. The van der Waals surface area contributed by atoms with Crippen molar-refractivity contribution in [3.63, 3.8) is 0 Å². The summed E-state index contributed by atoms with van der Waals surface area (Å²) in [5.74, 6) is 0.975. The zero-order chi connectivity index (χ0) is 20.3. The Morgan fingerprint density at radius 3 is 2.48 bits per heavy atom. The molecule has 5 rings (SSSR count). The van der Waals surface area contributed by atoms with Crippen LogP contribution in [-0.2, 0) is 0 Å². The summed E-state index contributed by atoms with van der Waals surface area (Å²) in [4.78, 5) is 25.3. The minimum atomic E-state index is -0.664. The molecule has 143 valence electrons. The first-order valence-electron chi connectivity index (χ1n) is 9.28. The van der Waals surface area contributed by atoms with Gasteiger partial charge in [-0.1, -0.05) is 30.3 Å². The van der Waals surface area contributed by atoms with E-state index >= 15 is 0 Å². The van der Waals surface area contributed by atoms with Crippen molar-refractivity contribution in [3.8, 4) is 16.9 Å². The Bertz CT molecular complexity index is 1440. The van der Waals surface area contributed by atoms with E-state index in [0.717, 1.165) is 5.56 Å². The van der Waals surface area contributed by atoms with Crippen LogP contribution in [0.5, 0.6) is 5.75 Å². The maximum Gasteiger partial charge on any atom is 0.345 e. The Hall–Kier alpha value is -3.60. The van der Waals surface area contributed by atoms with Crippen molar-refractivity contribution in [3.05, 3.63) is 80.5 Å². The second-order valence-corrected chi connectivity index (χ2v) is 7.67. The lowest BCUT2D eigenvalue weighted by atomic mass is 9.93. The summed E-state index contributed by atoms with van der Waals surface area (Å²) in [6.07, 6.45) is 3.80. The van der Waals surface area contributed by atoms with Gasteiger partial charge < -0.3 is 13.6 Å². The first kappa shape index (κ1) is 17.5. The second kappa shape index (κ2) is 5.95. The zero-order valence-electron chi connectivity index (χ0n) is 16.2. The van der Waals surface area contributed by atoms with Crippen LogP contribution in [-0.4, -0.2) is 5.60 Å². The molecule has 0 aliphatic carbocycles. The third-order valence-electron chi connectivity index (χ3n) is 4.99. The smallest absolute Gasteiger partial charge is 0.345 e. The lowest BCUT2D eigenvalue weighted by Gasteiger charge is -2.29. The Morgan fingerprint density at radius 2 is 1.72 bits per heavy atom. The molecule has 0 saturated heterocycles. The topological polar surface area (TPSA) is 69.7 Å². The number of aryl methyl sites for hydroxylation is 1. The van der Waals surface area contributed by atoms with E-state index < -0.39 is 11.2 Å². The van der Waals surface area contributed by atoms with E-state index in [1.165, 1.54) is 6.07 Å². The van der Waals surface area contributed by atoms with Crippen LogP contribution in [0.3, 0.4) is 0 Å². The Labute approximate surface area is 165 Å². The maximum atomic E-state index is 12.9. The van der Waals surface area contributed by atoms with Crippen LogP contribution >= 0.6 is 0 Å². The van der Waals surface area contributed by atoms with Crippen LogP contribution in [0.25, 0.3) is 39.1 Å². The van der Waals surface area contributed by atoms with Crippen molar-refractivity contribution in [1.82, 2.24) is 0 Å². The van der Waals surface area contributed by atoms with Gasteiger partial charge in [0.2, 0.25) is 0 Å². The van der Waals surface area contributed by atoms with Gasteiger partial charge in [-0.25, -0.2) is 4.79 Å². The molecule has 1 aliphatic heterocycles. The molecule has 0 amide bonds. The Kier molecular flexibility index (Phi) is 3.59. The average molecular weight is 385 g/mol. The summed E-state index contributed by atoms with van der Waals surface area (Å²) < 4.78 is 17.7. The molecule has 1 radical (unpaired) electrons. The number of rotatable bonds is 1. The molecule has 0 atom stereocenters. The molecule has 4 aromatic rings. The lowest BCUT2D eigenvalue weighted by molar-refractivity contribution is 0.161. The molecule has 0 fully saturated rings. The van der Waals surface area contributed by atoms with Crippen LogP contribution in [0.2, 0.25) is 0 Å². The van der Waals surface area contributed by atoms with Gasteiger partial charge in [-0.05, 0) is 38.5 Å². The summed E-state index contributed by atoms with van der Waals surface area (Å²) in [6.45, 7) is 5.57. The first-order valence-corrected chi connectivity index (χ1v) is 9.28. The van der Waals surface area contributed by atoms with Crippen LogP contribution in [0.1, 0.15) is 25.2 Å². The summed E-state index contributed by atoms with van der Waals surface area (Å²) in [5, 5.41) is 0.757. The van der Waals surface area contributed by atoms with Crippen molar-refractivity contribution in [2.24, 2.45) is 0 Å². The fourth-order valence-corrected chi connectivity index (χ4v) is 3.75. The van der Waals surface area contributed by atoms with E-state index in [0.29, 0.717) is 33.6 Å². The highest BCUT2D eigenvalue weighted by atomic mass is 16.5. The van der Waals surface area contributed by atoms with Gasteiger partial charge in [-0.2, -0.15) is 0 Å². The molecule has 0 bridgehead atoms. The van der Waals surface area contributed by atoms with E-state index in [1.807, 2.05) is 56.3 Å². The summed E-state index contributed by atoms with van der Waals surface area (Å²) in [6, 6.07) is 13.6. The van der Waals surface area contributed by atoms with Gasteiger partial charge in [0.05, 0.1) is 17.0 Å². The quantitative estimate of drug-likeness (QED) is 0.346. The Morgan fingerprint density at radius 1 is 0.966 bits per heavy atom. The predicted octanol–water partition coefficient (Wildman–Crippen LogP) is 4.86. The fraction of sp³-hybridized carbons (Fsp3) is 0.167. The highest BCUT2D eigenvalue weighted by Gasteiger charge is 2.30. The molecule has 0 N–H and O–H groups in total. The first-order chi connectivity index (χ1) is 13.8. The molecule has 2 aromatic carbocycles. The van der Waals surface area contributed by atoms with Crippen molar-refractivity contribution in [2.75, 3.05) is 0 Å². The van der Waals surface area contributed by atoms with Crippen molar-refractivity contribution in [2.45, 2.75) is 26.4 Å². The van der Waals surface area contributed by atoms with Crippen molar-refractivity contribution in [1.29, 1.82) is 0 Å². The third-order valence-corrected chi connectivity index (χ3v) is 4.99. The maximum absolute atomic E-state index is 12.9. The molecule has 0 saturated carbocycles. The van der Waals surface area contributed by atoms with Crippen molar-refractivity contribution < 1.29 is 13.6 Å². The van der Waals surface area contributed by atoms with Crippen molar-refractivity contribution >= 4 is 28.0 Å². The fourth-order valence-electron chi connectivity index (χ4n) is 3.75. The Balaban J connectivity index is 2.09.